The number of nitrogens with one attached hydrogen (secondary N) is 2. The Morgan fingerprint density at radius 1 is 1.26 bits per heavy atom. The van der Waals surface area contributed by atoms with Crippen molar-refractivity contribution in [2.24, 2.45) is 5.41 Å². The number of halogens is 3. The predicted molar refractivity (Wildman–Crippen MR) is 78.2 cm³/mol. The summed E-state index contributed by atoms with van der Waals surface area (Å²) in [5.41, 5.74) is 0.158. The Hall–Kier alpha value is -1.02. The summed E-state index contributed by atoms with van der Waals surface area (Å²) in [6.45, 7) is 0.523. The minimum absolute atomic E-state index is 0.0233. The Labute approximate surface area is 134 Å². The van der Waals surface area contributed by atoms with Gasteiger partial charge in [-0.2, -0.15) is 13.2 Å². The summed E-state index contributed by atoms with van der Waals surface area (Å²) >= 11 is 0. The molecule has 0 unspecified atom stereocenters. The van der Waals surface area contributed by atoms with Crippen LogP contribution in [0.1, 0.15) is 38.5 Å². The van der Waals surface area contributed by atoms with Crippen LogP contribution in [0.3, 0.4) is 0 Å². The number of rotatable bonds is 6. The number of ether oxygens (including phenoxy) is 2. The molecular formula is C15H25F3N2O3. The molecular weight excluding hydrogens is 313 g/mol. The lowest BCUT2D eigenvalue weighted by atomic mass is 9.75. The van der Waals surface area contributed by atoms with E-state index in [0.29, 0.717) is 13.0 Å². The first kappa shape index (κ1) is 18.3. The Kier molecular flexibility index (Phi) is 6.52. The van der Waals surface area contributed by atoms with Crippen molar-refractivity contribution in [3.8, 4) is 0 Å². The average Bonchev–Trinajstić information content (AvgIpc) is 2.84. The van der Waals surface area contributed by atoms with Gasteiger partial charge in [0.2, 0.25) is 0 Å². The summed E-state index contributed by atoms with van der Waals surface area (Å²) in [5, 5.41) is 5.71. The molecule has 1 saturated heterocycles. The molecule has 1 aliphatic heterocycles. The summed E-state index contributed by atoms with van der Waals surface area (Å²) in [5.74, 6) is 0. The van der Waals surface area contributed by atoms with Crippen LogP contribution in [0, 0.1) is 5.41 Å². The van der Waals surface area contributed by atoms with Crippen LogP contribution >= 0.6 is 0 Å². The van der Waals surface area contributed by atoms with Gasteiger partial charge in [-0.3, -0.25) is 0 Å². The minimum atomic E-state index is -4.30. The first-order chi connectivity index (χ1) is 10.9. The highest BCUT2D eigenvalue weighted by atomic mass is 19.4. The number of alkyl halides is 3. The molecule has 0 bridgehead atoms. The van der Waals surface area contributed by atoms with Crippen molar-refractivity contribution in [3.05, 3.63) is 0 Å². The zero-order chi connectivity index (χ0) is 16.8. The van der Waals surface area contributed by atoms with Gasteiger partial charge < -0.3 is 20.1 Å². The molecule has 1 saturated carbocycles. The van der Waals surface area contributed by atoms with Crippen LogP contribution < -0.4 is 10.6 Å². The van der Waals surface area contributed by atoms with Crippen molar-refractivity contribution >= 4 is 6.03 Å². The number of amides is 2. The van der Waals surface area contributed by atoms with Gasteiger partial charge in [-0.05, 0) is 37.5 Å². The Balaban J connectivity index is 1.61. The molecule has 0 aromatic rings. The normalized spacial score (nSPS) is 23.9. The van der Waals surface area contributed by atoms with Gasteiger partial charge in [0.25, 0.3) is 0 Å². The SMILES string of the molecule is O=C(NCCCOCC(F)(F)F)N[C@H]1CCCC12CCOCC2. The molecule has 1 heterocycles. The van der Waals surface area contributed by atoms with E-state index in [1.165, 1.54) is 0 Å². The molecule has 1 aliphatic carbocycles. The van der Waals surface area contributed by atoms with E-state index in [9.17, 15) is 18.0 Å². The van der Waals surface area contributed by atoms with E-state index in [-0.39, 0.29) is 24.1 Å². The minimum Gasteiger partial charge on any atom is -0.381 e. The highest BCUT2D eigenvalue weighted by Crippen LogP contribution is 2.45. The van der Waals surface area contributed by atoms with E-state index >= 15 is 0 Å². The van der Waals surface area contributed by atoms with Gasteiger partial charge in [0.15, 0.2) is 0 Å². The quantitative estimate of drug-likeness (QED) is 0.732. The first-order valence-corrected chi connectivity index (χ1v) is 8.18. The number of hydrogen-bond donors (Lipinski definition) is 2. The molecule has 2 amide bonds. The van der Waals surface area contributed by atoms with Crippen LogP contribution in [-0.4, -0.2) is 51.2 Å². The molecule has 1 atom stereocenters. The van der Waals surface area contributed by atoms with Gasteiger partial charge in [-0.1, -0.05) is 6.42 Å². The zero-order valence-corrected chi connectivity index (χ0v) is 13.2. The molecule has 8 heteroatoms. The molecule has 2 N–H and O–H groups in total. The van der Waals surface area contributed by atoms with Crippen LogP contribution in [0.15, 0.2) is 0 Å². The van der Waals surface area contributed by atoms with E-state index in [0.717, 1.165) is 45.3 Å². The highest BCUT2D eigenvalue weighted by molar-refractivity contribution is 5.74. The first-order valence-electron chi connectivity index (χ1n) is 8.18. The predicted octanol–water partition coefficient (Wildman–Crippen LogP) is 2.60. The van der Waals surface area contributed by atoms with Crippen molar-refractivity contribution in [2.75, 3.05) is 33.0 Å². The van der Waals surface area contributed by atoms with Crippen LogP contribution in [0.5, 0.6) is 0 Å². The zero-order valence-electron chi connectivity index (χ0n) is 13.2. The van der Waals surface area contributed by atoms with Crippen molar-refractivity contribution in [2.45, 2.75) is 50.7 Å². The average molecular weight is 338 g/mol. The summed E-state index contributed by atoms with van der Waals surface area (Å²) in [6, 6.07) is -0.0912. The molecule has 2 aliphatic rings. The van der Waals surface area contributed by atoms with E-state index in [1.807, 2.05) is 0 Å². The Morgan fingerprint density at radius 2 is 2.00 bits per heavy atom. The summed E-state index contributed by atoms with van der Waals surface area (Å²) < 4.78 is 45.5. The highest BCUT2D eigenvalue weighted by Gasteiger charge is 2.44. The van der Waals surface area contributed by atoms with Crippen molar-refractivity contribution < 1.29 is 27.4 Å². The van der Waals surface area contributed by atoms with Crippen LogP contribution in [0.25, 0.3) is 0 Å². The number of carbonyl (C=O) groups is 1. The van der Waals surface area contributed by atoms with Crippen LogP contribution in [0.2, 0.25) is 0 Å². The van der Waals surface area contributed by atoms with E-state index in [2.05, 4.69) is 15.4 Å². The van der Waals surface area contributed by atoms with Crippen molar-refractivity contribution in [3.63, 3.8) is 0 Å². The van der Waals surface area contributed by atoms with Crippen molar-refractivity contribution in [1.82, 2.24) is 10.6 Å². The fourth-order valence-corrected chi connectivity index (χ4v) is 3.51. The number of carbonyl (C=O) groups excluding carboxylic acids is 1. The van der Waals surface area contributed by atoms with E-state index in [1.54, 1.807) is 0 Å². The van der Waals surface area contributed by atoms with E-state index < -0.39 is 12.8 Å². The van der Waals surface area contributed by atoms with Gasteiger partial charge in [-0.15, -0.1) is 0 Å². The third kappa shape index (κ3) is 5.84. The Bertz CT molecular complexity index is 385. The topological polar surface area (TPSA) is 59.6 Å². The van der Waals surface area contributed by atoms with Gasteiger partial charge >= 0.3 is 12.2 Å². The van der Waals surface area contributed by atoms with Gasteiger partial charge in [-0.25, -0.2) is 4.79 Å². The number of hydrogen-bond acceptors (Lipinski definition) is 3. The van der Waals surface area contributed by atoms with Gasteiger partial charge in [0.05, 0.1) is 0 Å². The fraction of sp³-hybridized carbons (Fsp3) is 0.933. The molecule has 23 heavy (non-hydrogen) atoms. The second-order valence-electron chi connectivity index (χ2n) is 6.34. The molecule has 134 valence electrons. The molecule has 2 rings (SSSR count). The monoisotopic (exact) mass is 338 g/mol. The molecule has 0 aromatic heterocycles. The molecule has 0 aromatic carbocycles. The maximum absolute atomic E-state index is 11.9. The lowest BCUT2D eigenvalue weighted by Crippen LogP contribution is -2.50. The summed E-state index contributed by atoms with van der Waals surface area (Å²) in [7, 11) is 0. The lowest BCUT2D eigenvalue weighted by Gasteiger charge is -2.39. The summed E-state index contributed by atoms with van der Waals surface area (Å²) in [4.78, 5) is 11.9. The molecule has 1 spiro atoms. The molecule has 2 fully saturated rings. The third-order valence-corrected chi connectivity index (χ3v) is 4.72. The summed E-state index contributed by atoms with van der Waals surface area (Å²) in [6.07, 6.45) is 1.20. The molecule has 0 radical (unpaired) electrons. The second kappa shape index (κ2) is 8.19. The van der Waals surface area contributed by atoms with Crippen molar-refractivity contribution in [1.29, 1.82) is 0 Å². The lowest BCUT2D eigenvalue weighted by molar-refractivity contribution is -0.173. The third-order valence-electron chi connectivity index (χ3n) is 4.72. The van der Waals surface area contributed by atoms with Crippen LogP contribution in [0.4, 0.5) is 18.0 Å². The van der Waals surface area contributed by atoms with Gasteiger partial charge in [0.1, 0.15) is 6.61 Å². The van der Waals surface area contributed by atoms with Gasteiger partial charge in [0, 0.05) is 32.4 Å². The maximum atomic E-state index is 11.9. The fourth-order valence-electron chi connectivity index (χ4n) is 3.51. The smallest absolute Gasteiger partial charge is 0.381 e. The van der Waals surface area contributed by atoms with Crippen LogP contribution in [-0.2, 0) is 9.47 Å². The Morgan fingerprint density at radius 3 is 2.70 bits per heavy atom. The number of urea groups is 1. The standard InChI is InChI=1S/C15H25F3N2O3/c16-15(17,18)11-23-8-2-7-19-13(21)20-12-3-1-4-14(12)5-9-22-10-6-14/h12H,1-11H2,(H2,19,20,21)/t12-/m0/s1. The second-order valence-corrected chi connectivity index (χ2v) is 6.34. The van der Waals surface area contributed by atoms with E-state index in [4.69, 9.17) is 4.74 Å². The maximum Gasteiger partial charge on any atom is 0.411 e. The largest absolute Gasteiger partial charge is 0.411 e. The molecule has 5 nitrogen and oxygen atoms in total.